The number of ketones is 1. The minimum absolute atomic E-state index is 0.0971. The van der Waals surface area contributed by atoms with Crippen LogP contribution in [0.3, 0.4) is 0 Å². The molecule has 0 aromatic heterocycles. The minimum Gasteiger partial charge on any atom is -0.466 e. The molecule has 14 heavy (non-hydrogen) atoms. The highest BCUT2D eigenvalue weighted by Gasteiger charge is 2.41. The molecule has 3 nitrogen and oxygen atoms in total. The summed E-state index contributed by atoms with van der Waals surface area (Å²) in [5.41, 5.74) is -0.0971. The number of carbonyl (C=O) groups is 2. The molecule has 0 radical (unpaired) electrons. The Labute approximate surface area is 84.8 Å². The molecule has 0 aliphatic heterocycles. The zero-order valence-electron chi connectivity index (χ0n) is 9.13. The summed E-state index contributed by atoms with van der Waals surface area (Å²) in [5.74, 6) is -0.281. The first-order valence-electron chi connectivity index (χ1n) is 5.15. The van der Waals surface area contributed by atoms with Crippen LogP contribution in [0.2, 0.25) is 0 Å². The Kier molecular flexibility index (Phi) is 3.29. The summed E-state index contributed by atoms with van der Waals surface area (Å²) in [6.07, 6.45) is 1.74. The number of hydrogen-bond donors (Lipinski definition) is 0. The summed E-state index contributed by atoms with van der Waals surface area (Å²) >= 11 is 0. The van der Waals surface area contributed by atoms with E-state index < -0.39 is 0 Å². The minimum atomic E-state index is -0.247. The standard InChI is InChI=1S/C11H18O3/c1-4-14-10(13)9-7-8(12)5-6-11(9,2)3/h9H,4-7H2,1-3H3. The number of rotatable bonds is 2. The van der Waals surface area contributed by atoms with Gasteiger partial charge in [0, 0.05) is 12.8 Å². The highest BCUT2D eigenvalue weighted by atomic mass is 16.5. The van der Waals surface area contributed by atoms with E-state index in [1.807, 2.05) is 13.8 Å². The van der Waals surface area contributed by atoms with Crippen molar-refractivity contribution in [2.75, 3.05) is 6.61 Å². The fourth-order valence-electron chi connectivity index (χ4n) is 1.89. The van der Waals surface area contributed by atoms with Crippen LogP contribution in [0.5, 0.6) is 0 Å². The number of carbonyl (C=O) groups excluding carboxylic acids is 2. The molecule has 3 heteroatoms. The van der Waals surface area contributed by atoms with Crippen LogP contribution >= 0.6 is 0 Å². The molecule has 80 valence electrons. The molecule has 0 N–H and O–H groups in total. The van der Waals surface area contributed by atoms with Crippen LogP contribution in [-0.4, -0.2) is 18.4 Å². The largest absolute Gasteiger partial charge is 0.466 e. The third-order valence-corrected chi connectivity index (χ3v) is 2.99. The molecule has 0 aromatic rings. The highest BCUT2D eigenvalue weighted by Crippen LogP contribution is 2.39. The molecule has 1 fully saturated rings. The number of hydrogen-bond acceptors (Lipinski definition) is 3. The van der Waals surface area contributed by atoms with Gasteiger partial charge >= 0.3 is 5.97 Å². The fourth-order valence-corrected chi connectivity index (χ4v) is 1.89. The van der Waals surface area contributed by atoms with Gasteiger partial charge in [-0.25, -0.2) is 0 Å². The van der Waals surface area contributed by atoms with E-state index in [2.05, 4.69) is 0 Å². The zero-order chi connectivity index (χ0) is 10.8. The Morgan fingerprint density at radius 1 is 1.57 bits per heavy atom. The SMILES string of the molecule is CCOC(=O)C1CC(=O)CCC1(C)C. The summed E-state index contributed by atoms with van der Waals surface area (Å²) in [6.45, 7) is 6.23. The van der Waals surface area contributed by atoms with Crippen molar-refractivity contribution in [1.29, 1.82) is 0 Å². The lowest BCUT2D eigenvalue weighted by Gasteiger charge is -2.35. The van der Waals surface area contributed by atoms with Crippen molar-refractivity contribution in [3.8, 4) is 0 Å². The van der Waals surface area contributed by atoms with Crippen molar-refractivity contribution in [2.45, 2.75) is 40.0 Å². The molecule has 0 bridgehead atoms. The van der Waals surface area contributed by atoms with Crippen LogP contribution < -0.4 is 0 Å². The van der Waals surface area contributed by atoms with E-state index in [1.165, 1.54) is 0 Å². The number of esters is 1. The van der Waals surface area contributed by atoms with Crippen LogP contribution in [0.25, 0.3) is 0 Å². The van der Waals surface area contributed by atoms with Crippen molar-refractivity contribution in [1.82, 2.24) is 0 Å². The van der Waals surface area contributed by atoms with Gasteiger partial charge in [0.15, 0.2) is 0 Å². The summed E-state index contributed by atoms with van der Waals surface area (Å²) < 4.78 is 4.97. The number of Topliss-reactive ketones (excluding diaryl/α,β-unsaturated/α-hetero) is 1. The van der Waals surface area contributed by atoms with Crippen molar-refractivity contribution < 1.29 is 14.3 Å². The van der Waals surface area contributed by atoms with Gasteiger partial charge < -0.3 is 4.74 Å². The molecule has 1 rings (SSSR count). The maximum Gasteiger partial charge on any atom is 0.309 e. The summed E-state index contributed by atoms with van der Waals surface area (Å²) in [5, 5.41) is 0. The van der Waals surface area contributed by atoms with Crippen LogP contribution in [0.15, 0.2) is 0 Å². The van der Waals surface area contributed by atoms with Crippen LogP contribution in [0.1, 0.15) is 40.0 Å². The Bertz CT molecular complexity index is 243. The molecule has 1 saturated carbocycles. The molecule has 0 spiro atoms. The summed E-state index contributed by atoms with van der Waals surface area (Å²) in [7, 11) is 0. The van der Waals surface area contributed by atoms with Crippen molar-refractivity contribution in [3.05, 3.63) is 0 Å². The lowest BCUT2D eigenvalue weighted by atomic mass is 9.68. The molecule has 1 aliphatic carbocycles. The second-order valence-electron chi connectivity index (χ2n) is 4.54. The second kappa shape index (κ2) is 4.11. The van der Waals surface area contributed by atoms with Gasteiger partial charge in [0.1, 0.15) is 5.78 Å². The first kappa shape index (κ1) is 11.2. The fraction of sp³-hybridized carbons (Fsp3) is 0.818. The van der Waals surface area contributed by atoms with E-state index >= 15 is 0 Å². The zero-order valence-corrected chi connectivity index (χ0v) is 9.13. The van der Waals surface area contributed by atoms with Gasteiger partial charge in [-0.1, -0.05) is 13.8 Å². The maximum absolute atomic E-state index is 11.6. The van der Waals surface area contributed by atoms with E-state index in [-0.39, 0.29) is 23.1 Å². The molecule has 0 amide bonds. The maximum atomic E-state index is 11.6. The van der Waals surface area contributed by atoms with Crippen LogP contribution in [-0.2, 0) is 14.3 Å². The molecule has 1 unspecified atom stereocenters. The molecule has 1 atom stereocenters. The highest BCUT2D eigenvalue weighted by molar-refractivity contribution is 5.86. The molecule has 0 saturated heterocycles. The van der Waals surface area contributed by atoms with Crippen molar-refractivity contribution >= 4 is 11.8 Å². The quantitative estimate of drug-likeness (QED) is 0.637. The second-order valence-corrected chi connectivity index (χ2v) is 4.54. The summed E-state index contributed by atoms with van der Waals surface area (Å²) in [4.78, 5) is 22.8. The van der Waals surface area contributed by atoms with E-state index in [0.29, 0.717) is 19.4 Å². The average molecular weight is 198 g/mol. The van der Waals surface area contributed by atoms with E-state index in [1.54, 1.807) is 6.92 Å². The lowest BCUT2D eigenvalue weighted by molar-refractivity contribution is -0.156. The first-order valence-corrected chi connectivity index (χ1v) is 5.15. The molecular weight excluding hydrogens is 180 g/mol. The van der Waals surface area contributed by atoms with Gasteiger partial charge in [0.2, 0.25) is 0 Å². The predicted molar refractivity (Wildman–Crippen MR) is 52.8 cm³/mol. The van der Waals surface area contributed by atoms with Crippen LogP contribution in [0, 0.1) is 11.3 Å². The monoisotopic (exact) mass is 198 g/mol. The average Bonchev–Trinajstić information content (AvgIpc) is 2.10. The van der Waals surface area contributed by atoms with Crippen molar-refractivity contribution in [3.63, 3.8) is 0 Å². The molecule has 0 aromatic carbocycles. The van der Waals surface area contributed by atoms with Gasteiger partial charge in [-0.15, -0.1) is 0 Å². The smallest absolute Gasteiger partial charge is 0.309 e. The van der Waals surface area contributed by atoms with E-state index in [0.717, 1.165) is 6.42 Å². The third-order valence-electron chi connectivity index (χ3n) is 2.99. The molecular formula is C11H18O3. The predicted octanol–water partition coefficient (Wildman–Crippen LogP) is 1.94. The van der Waals surface area contributed by atoms with Gasteiger partial charge in [0.25, 0.3) is 0 Å². The number of ether oxygens (including phenoxy) is 1. The Morgan fingerprint density at radius 2 is 2.21 bits per heavy atom. The summed E-state index contributed by atoms with van der Waals surface area (Å²) in [6, 6.07) is 0. The Hall–Kier alpha value is -0.860. The van der Waals surface area contributed by atoms with Gasteiger partial charge in [-0.3, -0.25) is 9.59 Å². The molecule has 0 heterocycles. The van der Waals surface area contributed by atoms with Gasteiger partial charge in [0.05, 0.1) is 12.5 Å². The van der Waals surface area contributed by atoms with E-state index in [4.69, 9.17) is 4.74 Å². The van der Waals surface area contributed by atoms with E-state index in [9.17, 15) is 9.59 Å². The molecule has 1 aliphatic rings. The van der Waals surface area contributed by atoms with Gasteiger partial charge in [-0.05, 0) is 18.8 Å². The third kappa shape index (κ3) is 2.34. The van der Waals surface area contributed by atoms with Crippen molar-refractivity contribution in [2.24, 2.45) is 11.3 Å². The normalized spacial score (nSPS) is 25.9. The topological polar surface area (TPSA) is 43.4 Å². The first-order chi connectivity index (χ1) is 6.47. The Balaban J connectivity index is 2.71. The Morgan fingerprint density at radius 3 is 2.79 bits per heavy atom. The van der Waals surface area contributed by atoms with Crippen LogP contribution in [0.4, 0.5) is 0 Å². The lowest BCUT2D eigenvalue weighted by Crippen LogP contribution is -2.38. The van der Waals surface area contributed by atoms with Gasteiger partial charge in [-0.2, -0.15) is 0 Å².